The van der Waals surface area contributed by atoms with E-state index in [9.17, 15) is 17.9 Å². The fourth-order valence-corrected chi connectivity index (χ4v) is 4.74. The number of aliphatic hydroxyl groups is 1. The molecule has 0 spiro atoms. The van der Waals surface area contributed by atoms with Gasteiger partial charge in [0.05, 0.1) is 18.1 Å². The molecule has 2 aromatic carbocycles. The summed E-state index contributed by atoms with van der Waals surface area (Å²) in [6.07, 6.45) is 0.214. The Hall–Kier alpha value is -2.46. The van der Waals surface area contributed by atoms with Gasteiger partial charge in [0.25, 0.3) is 0 Å². The van der Waals surface area contributed by atoms with E-state index in [-0.39, 0.29) is 30.3 Å². The number of benzene rings is 2. The summed E-state index contributed by atoms with van der Waals surface area (Å²) >= 11 is 6.08. The van der Waals surface area contributed by atoms with Crippen LogP contribution >= 0.6 is 11.6 Å². The van der Waals surface area contributed by atoms with Crippen molar-refractivity contribution >= 4 is 21.7 Å². The third-order valence-corrected chi connectivity index (χ3v) is 6.34. The highest BCUT2D eigenvalue weighted by molar-refractivity contribution is 7.87. The van der Waals surface area contributed by atoms with E-state index in [4.69, 9.17) is 15.8 Å². The molecule has 1 N–H and O–H groups in total. The Morgan fingerprint density at radius 2 is 2.00 bits per heavy atom. The van der Waals surface area contributed by atoms with E-state index in [1.165, 1.54) is 16.8 Å². The molecule has 0 unspecified atom stereocenters. The van der Waals surface area contributed by atoms with Crippen LogP contribution in [0.3, 0.4) is 0 Å². The van der Waals surface area contributed by atoms with Gasteiger partial charge in [-0.05, 0) is 36.2 Å². The number of hydrogen-bond donors (Lipinski definition) is 1. The minimum absolute atomic E-state index is 0.0121. The monoisotopic (exact) mass is 465 g/mol. The molecule has 0 fully saturated rings. The van der Waals surface area contributed by atoms with Crippen LogP contribution in [0, 0.1) is 5.82 Å². The molecule has 0 atom stereocenters. The van der Waals surface area contributed by atoms with Crippen LogP contribution in [0.15, 0.2) is 48.5 Å². The minimum atomic E-state index is -3.77. The summed E-state index contributed by atoms with van der Waals surface area (Å²) in [5.74, 6) is -0.709. The third kappa shape index (κ3) is 4.90. The maximum Gasteiger partial charge on any atom is 0.311 e. The van der Waals surface area contributed by atoms with Crippen LogP contribution < -0.4 is 4.18 Å². The molecule has 164 valence electrons. The van der Waals surface area contributed by atoms with Crippen LogP contribution in [0.4, 0.5) is 4.39 Å². The molecule has 0 amide bonds. The van der Waals surface area contributed by atoms with E-state index in [2.05, 4.69) is 5.10 Å². The molecule has 0 saturated carbocycles. The van der Waals surface area contributed by atoms with Gasteiger partial charge < -0.3 is 9.29 Å². The number of nitrogens with zero attached hydrogens (tertiary/aromatic N) is 3. The van der Waals surface area contributed by atoms with E-state index >= 15 is 0 Å². The van der Waals surface area contributed by atoms with Gasteiger partial charge in [0.1, 0.15) is 11.5 Å². The summed E-state index contributed by atoms with van der Waals surface area (Å²) in [7, 11) is -3.77. The summed E-state index contributed by atoms with van der Waals surface area (Å²) in [6.45, 7) is 1.12. The van der Waals surface area contributed by atoms with E-state index in [0.29, 0.717) is 35.9 Å². The zero-order valence-electron chi connectivity index (χ0n) is 16.5. The average Bonchev–Trinajstić information content (AvgIpc) is 3.04. The Bertz CT molecular complexity index is 1200. The van der Waals surface area contributed by atoms with Gasteiger partial charge in [-0.2, -0.15) is 18.2 Å². The lowest BCUT2D eigenvalue weighted by molar-refractivity contribution is 0.182. The van der Waals surface area contributed by atoms with E-state index < -0.39 is 15.9 Å². The molecule has 4 rings (SSSR count). The zero-order chi connectivity index (χ0) is 22.0. The number of fused-ring (bicyclic) bond motifs is 1. The van der Waals surface area contributed by atoms with Crippen molar-refractivity contribution in [1.29, 1.82) is 0 Å². The van der Waals surface area contributed by atoms with Gasteiger partial charge in [-0.15, -0.1) is 0 Å². The average molecular weight is 466 g/mol. The minimum Gasteiger partial charge on any atom is -0.395 e. The van der Waals surface area contributed by atoms with Crippen molar-refractivity contribution in [2.24, 2.45) is 0 Å². The fourth-order valence-electron chi connectivity index (χ4n) is 3.58. The van der Waals surface area contributed by atoms with E-state index in [1.54, 1.807) is 18.2 Å². The number of para-hydroxylation sites is 1. The predicted octanol–water partition coefficient (Wildman–Crippen LogP) is 2.92. The standard InChI is InChI=1S/C21H21ClFN3O4S/c22-16-5-3-4-15(12-16)13-25(9-10-27)14-19-17-8-11-31(28,29)30-21(17)26(24-19)20-7-2-1-6-18(20)23/h1-7,12,27H,8-11,13-14H2. The SMILES string of the molecule is O=S1(=O)CCc2c(CN(CCO)Cc3cccc(Cl)c3)nn(-c3ccccc3F)c2O1. The van der Waals surface area contributed by atoms with Crippen LogP contribution in [0.2, 0.25) is 5.02 Å². The Morgan fingerprint density at radius 3 is 2.74 bits per heavy atom. The maximum atomic E-state index is 14.4. The Labute approximate surface area is 184 Å². The van der Waals surface area contributed by atoms with Crippen molar-refractivity contribution in [3.05, 3.63) is 76.2 Å². The smallest absolute Gasteiger partial charge is 0.311 e. The lowest BCUT2D eigenvalue weighted by Crippen LogP contribution is -2.27. The van der Waals surface area contributed by atoms with Gasteiger partial charge in [-0.1, -0.05) is 35.9 Å². The molecule has 31 heavy (non-hydrogen) atoms. The number of aliphatic hydroxyl groups excluding tert-OH is 1. The van der Waals surface area contributed by atoms with Crippen molar-refractivity contribution in [3.63, 3.8) is 0 Å². The molecule has 0 saturated heterocycles. The van der Waals surface area contributed by atoms with Crippen LogP contribution in [0.1, 0.15) is 16.8 Å². The number of halogens is 2. The molecule has 1 aliphatic heterocycles. The highest BCUT2D eigenvalue weighted by atomic mass is 35.5. The van der Waals surface area contributed by atoms with Gasteiger partial charge in [0.2, 0.25) is 5.88 Å². The van der Waals surface area contributed by atoms with Gasteiger partial charge in [-0.3, -0.25) is 4.90 Å². The van der Waals surface area contributed by atoms with Crippen molar-refractivity contribution in [1.82, 2.24) is 14.7 Å². The lowest BCUT2D eigenvalue weighted by Gasteiger charge is -2.21. The summed E-state index contributed by atoms with van der Waals surface area (Å²) in [6, 6.07) is 13.4. The Balaban J connectivity index is 1.71. The van der Waals surface area contributed by atoms with Gasteiger partial charge in [0.15, 0.2) is 0 Å². The molecule has 0 aliphatic carbocycles. The third-order valence-electron chi connectivity index (χ3n) is 4.99. The first-order chi connectivity index (χ1) is 14.9. The van der Waals surface area contributed by atoms with Crippen LogP contribution in [0.25, 0.3) is 5.69 Å². The topological polar surface area (TPSA) is 84.7 Å². The normalized spacial score (nSPS) is 15.0. The second-order valence-electron chi connectivity index (χ2n) is 7.25. The van der Waals surface area contributed by atoms with Gasteiger partial charge >= 0.3 is 10.1 Å². The van der Waals surface area contributed by atoms with E-state index in [0.717, 1.165) is 5.56 Å². The number of hydrogen-bond acceptors (Lipinski definition) is 6. The molecular weight excluding hydrogens is 445 g/mol. The first-order valence-corrected chi connectivity index (χ1v) is 11.7. The van der Waals surface area contributed by atoms with Crippen molar-refractivity contribution in [2.45, 2.75) is 19.5 Å². The fraction of sp³-hybridized carbons (Fsp3) is 0.286. The Morgan fingerprint density at radius 1 is 1.19 bits per heavy atom. The molecule has 3 aromatic rings. The maximum absolute atomic E-state index is 14.4. The van der Waals surface area contributed by atoms with Crippen molar-refractivity contribution in [2.75, 3.05) is 18.9 Å². The second kappa shape index (κ2) is 8.96. The largest absolute Gasteiger partial charge is 0.395 e. The molecule has 1 aromatic heterocycles. The molecular formula is C21H21ClFN3O4S. The van der Waals surface area contributed by atoms with Crippen LogP contribution in [-0.2, 0) is 29.6 Å². The summed E-state index contributed by atoms with van der Waals surface area (Å²) < 4.78 is 45.0. The first kappa shape index (κ1) is 21.8. The molecule has 0 bridgehead atoms. The lowest BCUT2D eigenvalue weighted by atomic mass is 10.1. The molecule has 2 heterocycles. The summed E-state index contributed by atoms with van der Waals surface area (Å²) in [5, 5.41) is 14.6. The Kier molecular flexibility index (Phi) is 6.29. The molecule has 1 aliphatic rings. The van der Waals surface area contributed by atoms with E-state index in [1.807, 2.05) is 23.1 Å². The number of rotatable bonds is 7. The highest BCUT2D eigenvalue weighted by Crippen LogP contribution is 2.33. The van der Waals surface area contributed by atoms with Crippen LogP contribution in [0.5, 0.6) is 5.88 Å². The van der Waals surface area contributed by atoms with Gasteiger partial charge in [-0.25, -0.2) is 4.39 Å². The van der Waals surface area contributed by atoms with Crippen LogP contribution in [-0.4, -0.2) is 47.1 Å². The van der Waals surface area contributed by atoms with Crippen molar-refractivity contribution < 1.29 is 22.1 Å². The number of aromatic nitrogens is 2. The molecule has 10 heteroatoms. The predicted molar refractivity (Wildman–Crippen MR) is 114 cm³/mol. The summed E-state index contributed by atoms with van der Waals surface area (Å²) in [4.78, 5) is 1.96. The zero-order valence-corrected chi connectivity index (χ0v) is 18.1. The molecule has 7 nitrogen and oxygen atoms in total. The summed E-state index contributed by atoms with van der Waals surface area (Å²) in [5.41, 5.74) is 2.25. The first-order valence-electron chi connectivity index (χ1n) is 9.72. The van der Waals surface area contributed by atoms with Crippen molar-refractivity contribution in [3.8, 4) is 11.6 Å². The highest BCUT2D eigenvalue weighted by Gasteiger charge is 2.32. The second-order valence-corrected chi connectivity index (χ2v) is 9.38. The van der Waals surface area contributed by atoms with Gasteiger partial charge in [0, 0.05) is 30.2 Å². The quantitative estimate of drug-likeness (QED) is 0.540. The molecule has 0 radical (unpaired) electrons.